The SMILES string of the molecule is Cc1csc2c(NCC3CCSCC3)ncnc12. The van der Waals surface area contributed by atoms with Crippen molar-refractivity contribution in [2.75, 3.05) is 23.4 Å². The van der Waals surface area contributed by atoms with Gasteiger partial charge in [-0.25, -0.2) is 9.97 Å². The third-order valence-electron chi connectivity index (χ3n) is 3.43. The van der Waals surface area contributed by atoms with Crippen molar-refractivity contribution in [2.45, 2.75) is 19.8 Å². The molecule has 0 unspecified atom stereocenters. The second kappa shape index (κ2) is 5.45. The molecule has 2 aromatic heterocycles. The Labute approximate surface area is 115 Å². The van der Waals surface area contributed by atoms with Crippen molar-refractivity contribution in [3.8, 4) is 0 Å². The second-order valence-corrected chi connectivity index (χ2v) is 6.86. The Bertz CT molecular complexity index is 532. The first-order chi connectivity index (χ1) is 8.84. The molecule has 0 radical (unpaired) electrons. The van der Waals surface area contributed by atoms with Crippen LogP contribution in [0.2, 0.25) is 0 Å². The summed E-state index contributed by atoms with van der Waals surface area (Å²) >= 11 is 3.81. The summed E-state index contributed by atoms with van der Waals surface area (Å²) in [5, 5.41) is 5.68. The molecule has 18 heavy (non-hydrogen) atoms. The molecule has 3 heterocycles. The van der Waals surface area contributed by atoms with Gasteiger partial charge in [-0.3, -0.25) is 0 Å². The van der Waals surface area contributed by atoms with E-state index in [0.717, 1.165) is 23.8 Å². The number of hydrogen-bond donors (Lipinski definition) is 1. The van der Waals surface area contributed by atoms with E-state index in [1.54, 1.807) is 17.7 Å². The fourth-order valence-electron chi connectivity index (χ4n) is 2.29. The average molecular weight is 279 g/mol. The molecule has 1 N–H and O–H groups in total. The van der Waals surface area contributed by atoms with E-state index in [-0.39, 0.29) is 0 Å². The molecule has 0 aliphatic carbocycles. The van der Waals surface area contributed by atoms with Crippen molar-refractivity contribution >= 4 is 39.1 Å². The van der Waals surface area contributed by atoms with E-state index in [1.807, 2.05) is 0 Å². The van der Waals surface area contributed by atoms with E-state index < -0.39 is 0 Å². The molecule has 96 valence electrons. The Balaban J connectivity index is 1.74. The van der Waals surface area contributed by atoms with Crippen molar-refractivity contribution in [1.82, 2.24) is 9.97 Å². The van der Waals surface area contributed by atoms with E-state index in [9.17, 15) is 0 Å². The molecule has 3 rings (SSSR count). The lowest BCUT2D eigenvalue weighted by molar-refractivity contribution is 0.516. The zero-order valence-electron chi connectivity index (χ0n) is 10.5. The van der Waals surface area contributed by atoms with Gasteiger partial charge in [-0.15, -0.1) is 11.3 Å². The van der Waals surface area contributed by atoms with Gasteiger partial charge >= 0.3 is 0 Å². The van der Waals surface area contributed by atoms with Crippen LogP contribution in [0.25, 0.3) is 10.2 Å². The molecule has 0 bridgehead atoms. The summed E-state index contributed by atoms with van der Waals surface area (Å²) in [6.45, 7) is 3.15. The highest BCUT2D eigenvalue weighted by molar-refractivity contribution is 7.99. The van der Waals surface area contributed by atoms with Crippen LogP contribution in [0.5, 0.6) is 0 Å². The Morgan fingerprint density at radius 2 is 2.17 bits per heavy atom. The minimum atomic E-state index is 0.803. The maximum atomic E-state index is 4.39. The molecule has 0 spiro atoms. The predicted molar refractivity (Wildman–Crippen MR) is 80.7 cm³/mol. The Morgan fingerprint density at radius 1 is 1.33 bits per heavy atom. The molecule has 1 aliphatic heterocycles. The summed E-state index contributed by atoms with van der Waals surface area (Å²) in [6.07, 6.45) is 4.33. The summed E-state index contributed by atoms with van der Waals surface area (Å²) in [5.74, 6) is 4.43. The van der Waals surface area contributed by atoms with Crippen LogP contribution in [0.15, 0.2) is 11.7 Å². The zero-order chi connectivity index (χ0) is 12.4. The molecule has 5 heteroatoms. The summed E-state index contributed by atoms with van der Waals surface area (Å²) in [7, 11) is 0. The van der Waals surface area contributed by atoms with Crippen LogP contribution in [0.3, 0.4) is 0 Å². The molecule has 0 amide bonds. The Kier molecular flexibility index (Phi) is 3.70. The number of hydrogen-bond acceptors (Lipinski definition) is 5. The molecular formula is C13H17N3S2. The smallest absolute Gasteiger partial charge is 0.147 e. The highest BCUT2D eigenvalue weighted by Gasteiger charge is 2.14. The number of thiophene rings is 1. The maximum Gasteiger partial charge on any atom is 0.147 e. The number of aryl methyl sites for hydroxylation is 1. The number of nitrogens with zero attached hydrogens (tertiary/aromatic N) is 2. The first-order valence-corrected chi connectivity index (χ1v) is 8.38. The first kappa shape index (κ1) is 12.2. The van der Waals surface area contributed by atoms with Gasteiger partial charge in [0.2, 0.25) is 0 Å². The number of aromatic nitrogens is 2. The van der Waals surface area contributed by atoms with Gasteiger partial charge in [0.25, 0.3) is 0 Å². The topological polar surface area (TPSA) is 37.8 Å². The van der Waals surface area contributed by atoms with Gasteiger partial charge in [0.15, 0.2) is 0 Å². The van der Waals surface area contributed by atoms with Crippen molar-refractivity contribution in [3.63, 3.8) is 0 Å². The van der Waals surface area contributed by atoms with Crippen LogP contribution in [0.4, 0.5) is 5.82 Å². The molecular weight excluding hydrogens is 262 g/mol. The highest BCUT2D eigenvalue weighted by Crippen LogP contribution is 2.29. The van der Waals surface area contributed by atoms with Gasteiger partial charge in [0, 0.05) is 6.54 Å². The van der Waals surface area contributed by atoms with Crippen LogP contribution >= 0.6 is 23.1 Å². The Hall–Kier alpha value is -0.810. The standard InChI is InChI=1S/C13H17N3S2/c1-9-7-18-12-11(9)15-8-16-13(12)14-6-10-2-4-17-5-3-10/h7-8,10H,2-6H2,1H3,(H,14,15,16). The van der Waals surface area contributed by atoms with Gasteiger partial charge < -0.3 is 5.32 Å². The molecule has 0 atom stereocenters. The number of rotatable bonds is 3. The second-order valence-electron chi connectivity index (χ2n) is 4.76. The first-order valence-electron chi connectivity index (χ1n) is 6.35. The van der Waals surface area contributed by atoms with E-state index in [2.05, 4.69) is 39.4 Å². The summed E-state index contributed by atoms with van der Waals surface area (Å²) in [5.41, 5.74) is 2.34. The van der Waals surface area contributed by atoms with Crippen LogP contribution in [-0.4, -0.2) is 28.0 Å². The van der Waals surface area contributed by atoms with Crippen molar-refractivity contribution in [3.05, 3.63) is 17.3 Å². The molecule has 1 saturated heterocycles. The third-order valence-corrected chi connectivity index (χ3v) is 5.57. The van der Waals surface area contributed by atoms with E-state index in [1.165, 1.54) is 34.6 Å². The zero-order valence-corrected chi connectivity index (χ0v) is 12.1. The molecule has 2 aromatic rings. The van der Waals surface area contributed by atoms with Gasteiger partial charge in [-0.1, -0.05) is 0 Å². The Morgan fingerprint density at radius 3 is 3.00 bits per heavy atom. The summed E-state index contributed by atoms with van der Waals surface area (Å²) in [6, 6.07) is 0. The van der Waals surface area contributed by atoms with Crippen LogP contribution in [0, 0.1) is 12.8 Å². The molecule has 1 aliphatic rings. The van der Waals surface area contributed by atoms with Gasteiger partial charge in [0.1, 0.15) is 12.1 Å². The largest absolute Gasteiger partial charge is 0.369 e. The maximum absolute atomic E-state index is 4.39. The number of fused-ring (bicyclic) bond motifs is 1. The predicted octanol–water partition coefficient (Wildman–Crippen LogP) is 3.55. The van der Waals surface area contributed by atoms with Crippen molar-refractivity contribution in [2.24, 2.45) is 5.92 Å². The summed E-state index contributed by atoms with van der Waals surface area (Å²) in [4.78, 5) is 8.74. The van der Waals surface area contributed by atoms with Crippen molar-refractivity contribution in [1.29, 1.82) is 0 Å². The average Bonchev–Trinajstić information content (AvgIpc) is 2.80. The van der Waals surface area contributed by atoms with Crippen LogP contribution in [0.1, 0.15) is 18.4 Å². The molecule has 0 saturated carbocycles. The lowest BCUT2D eigenvalue weighted by Crippen LogP contribution is -2.19. The fraction of sp³-hybridized carbons (Fsp3) is 0.538. The lowest BCUT2D eigenvalue weighted by atomic mass is 10.0. The van der Waals surface area contributed by atoms with E-state index in [0.29, 0.717) is 0 Å². The quantitative estimate of drug-likeness (QED) is 0.932. The lowest BCUT2D eigenvalue weighted by Gasteiger charge is -2.21. The minimum absolute atomic E-state index is 0.803. The van der Waals surface area contributed by atoms with E-state index >= 15 is 0 Å². The molecule has 3 nitrogen and oxygen atoms in total. The molecule has 0 aromatic carbocycles. The van der Waals surface area contributed by atoms with E-state index in [4.69, 9.17) is 0 Å². The van der Waals surface area contributed by atoms with Gasteiger partial charge in [0.05, 0.1) is 10.2 Å². The highest BCUT2D eigenvalue weighted by atomic mass is 32.2. The van der Waals surface area contributed by atoms with Gasteiger partial charge in [-0.2, -0.15) is 11.8 Å². The van der Waals surface area contributed by atoms with Crippen molar-refractivity contribution < 1.29 is 0 Å². The number of anilines is 1. The number of nitrogens with one attached hydrogen (secondary N) is 1. The third kappa shape index (κ3) is 2.47. The van der Waals surface area contributed by atoms with Crippen LogP contribution < -0.4 is 5.32 Å². The monoisotopic (exact) mass is 279 g/mol. The summed E-state index contributed by atoms with van der Waals surface area (Å²) < 4.78 is 1.19. The minimum Gasteiger partial charge on any atom is -0.369 e. The molecule has 1 fully saturated rings. The van der Waals surface area contributed by atoms with Crippen LogP contribution in [-0.2, 0) is 0 Å². The fourth-order valence-corrected chi connectivity index (χ4v) is 4.46. The van der Waals surface area contributed by atoms with Gasteiger partial charge in [-0.05, 0) is 48.1 Å². The normalized spacial score (nSPS) is 17.2. The number of thioether (sulfide) groups is 1.